The summed E-state index contributed by atoms with van der Waals surface area (Å²) in [6.07, 6.45) is 6.39. The van der Waals surface area contributed by atoms with Gasteiger partial charge in [-0.05, 0) is 18.1 Å². The van der Waals surface area contributed by atoms with Crippen LogP contribution in [-0.4, -0.2) is 57.8 Å². The Hall–Kier alpha value is -2.45. The maximum absolute atomic E-state index is 12.7. The Labute approximate surface area is 161 Å². The number of nitrogens with zero attached hydrogens (tertiary/aromatic N) is 4. The van der Waals surface area contributed by atoms with Crippen molar-refractivity contribution in [3.8, 4) is 0 Å². The van der Waals surface area contributed by atoms with Gasteiger partial charge < -0.3 is 15.0 Å². The summed E-state index contributed by atoms with van der Waals surface area (Å²) in [6.45, 7) is 2.21. The molecule has 142 valence electrons. The van der Waals surface area contributed by atoms with Crippen LogP contribution in [0.5, 0.6) is 0 Å². The number of rotatable bonds is 4. The van der Waals surface area contributed by atoms with E-state index in [1.807, 2.05) is 0 Å². The van der Waals surface area contributed by atoms with Gasteiger partial charge >= 0.3 is 0 Å². The lowest BCUT2D eigenvalue weighted by molar-refractivity contribution is -0.132. The molecular formula is C18H20ClN5O3. The summed E-state index contributed by atoms with van der Waals surface area (Å²) in [5.74, 6) is -0.170. The van der Waals surface area contributed by atoms with E-state index in [1.54, 1.807) is 35.6 Å². The molecule has 0 radical (unpaired) electrons. The zero-order chi connectivity index (χ0) is 18.8. The first kappa shape index (κ1) is 17.9. The summed E-state index contributed by atoms with van der Waals surface area (Å²) in [4.78, 5) is 31.1. The highest BCUT2D eigenvalue weighted by molar-refractivity contribution is 6.30. The second kappa shape index (κ2) is 7.66. The van der Waals surface area contributed by atoms with Crippen LogP contribution < -0.4 is 5.32 Å². The van der Waals surface area contributed by atoms with Crippen molar-refractivity contribution in [2.75, 3.05) is 31.6 Å². The molecule has 27 heavy (non-hydrogen) atoms. The minimum absolute atomic E-state index is 0.0319. The first-order valence-corrected chi connectivity index (χ1v) is 9.22. The molecule has 0 aliphatic carbocycles. The van der Waals surface area contributed by atoms with E-state index in [0.29, 0.717) is 37.0 Å². The maximum atomic E-state index is 12.7. The Balaban J connectivity index is 1.40. The van der Waals surface area contributed by atoms with Crippen LogP contribution in [0.3, 0.4) is 0 Å². The molecule has 4 heterocycles. The van der Waals surface area contributed by atoms with E-state index >= 15 is 0 Å². The van der Waals surface area contributed by atoms with Crippen LogP contribution >= 0.6 is 11.6 Å². The Morgan fingerprint density at radius 3 is 2.93 bits per heavy atom. The van der Waals surface area contributed by atoms with Crippen LogP contribution in [0.25, 0.3) is 0 Å². The van der Waals surface area contributed by atoms with Gasteiger partial charge in [-0.25, -0.2) is 0 Å². The summed E-state index contributed by atoms with van der Waals surface area (Å²) in [6, 6.07) is 3.57. The number of carbonyl (C=O) groups is 2. The molecule has 4 rings (SSSR count). The first-order chi connectivity index (χ1) is 13.1. The molecule has 2 aliphatic heterocycles. The average molecular weight is 390 g/mol. The summed E-state index contributed by atoms with van der Waals surface area (Å²) in [5, 5.41) is 7.45. The third-order valence-electron chi connectivity index (χ3n) is 5.16. The number of hydrogen-bond acceptors (Lipinski definition) is 5. The number of anilines is 1. The number of nitrogens with one attached hydrogen (secondary N) is 1. The normalized spacial score (nSPS) is 24.5. The zero-order valence-corrected chi connectivity index (χ0v) is 15.4. The highest BCUT2D eigenvalue weighted by Gasteiger charge is 2.45. The third-order valence-corrected chi connectivity index (χ3v) is 5.35. The standard InChI is InChI=1S/C18H20ClN5O3/c19-13-4-21-24(7-13)9-17(25)23-6-12-10-27-11-16(15(12)8-23)18(26)22-14-2-1-3-20-5-14/h1-5,7,12,15-16H,6,8-11H2,(H,22,26)/t12-,15-,16-/m1/s1. The third kappa shape index (κ3) is 3.96. The van der Waals surface area contributed by atoms with E-state index < -0.39 is 0 Å². The van der Waals surface area contributed by atoms with Gasteiger partial charge in [0.25, 0.3) is 0 Å². The Morgan fingerprint density at radius 1 is 1.30 bits per heavy atom. The summed E-state index contributed by atoms with van der Waals surface area (Å²) in [5.41, 5.74) is 0.658. The monoisotopic (exact) mass is 389 g/mol. The number of aromatic nitrogens is 3. The van der Waals surface area contributed by atoms with E-state index in [1.165, 1.54) is 10.9 Å². The van der Waals surface area contributed by atoms with Gasteiger partial charge in [0, 0.05) is 31.4 Å². The summed E-state index contributed by atoms with van der Waals surface area (Å²) >= 11 is 5.85. The van der Waals surface area contributed by atoms with Crippen LogP contribution in [0.2, 0.25) is 5.02 Å². The minimum Gasteiger partial charge on any atom is -0.380 e. The molecule has 0 saturated carbocycles. The SMILES string of the molecule is O=C(Nc1cccnc1)[C@@H]1COC[C@H]2CN(C(=O)Cn3cc(Cl)cn3)C[C@H]21. The molecule has 0 aromatic carbocycles. The molecule has 0 unspecified atom stereocenters. The van der Waals surface area contributed by atoms with Crippen LogP contribution in [0.1, 0.15) is 0 Å². The topological polar surface area (TPSA) is 89.4 Å². The minimum atomic E-state index is -0.291. The fraction of sp³-hybridized carbons (Fsp3) is 0.444. The molecule has 2 fully saturated rings. The Kier molecular flexibility index (Phi) is 5.09. The number of fused-ring (bicyclic) bond motifs is 1. The Morgan fingerprint density at radius 2 is 2.19 bits per heavy atom. The predicted molar refractivity (Wildman–Crippen MR) is 98.0 cm³/mol. The van der Waals surface area contributed by atoms with Gasteiger partial charge in [0.2, 0.25) is 11.8 Å². The molecule has 2 amide bonds. The van der Waals surface area contributed by atoms with Gasteiger partial charge in [0.1, 0.15) is 6.54 Å². The molecule has 2 aromatic heterocycles. The lowest BCUT2D eigenvalue weighted by Crippen LogP contribution is -2.42. The van der Waals surface area contributed by atoms with Crippen molar-refractivity contribution in [1.29, 1.82) is 0 Å². The van der Waals surface area contributed by atoms with Gasteiger partial charge in [-0.3, -0.25) is 19.3 Å². The quantitative estimate of drug-likeness (QED) is 0.851. The number of carbonyl (C=O) groups excluding carboxylic acids is 2. The number of ether oxygens (including phenoxy) is 1. The Bertz CT molecular complexity index is 827. The molecule has 3 atom stereocenters. The van der Waals surface area contributed by atoms with Crippen molar-refractivity contribution in [1.82, 2.24) is 19.7 Å². The number of pyridine rings is 1. The van der Waals surface area contributed by atoms with E-state index in [4.69, 9.17) is 16.3 Å². The fourth-order valence-corrected chi connectivity index (χ4v) is 3.96. The van der Waals surface area contributed by atoms with E-state index in [2.05, 4.69) is 15.4 Å². The number of amides is 2. The van der Waals surface area contributed by atoms with Crippen molar-refractivity contribution in [3.05, 3.63) is 41.9 Å². The highest BCUT2D eigenvalue weighted by atomic mass is 35.5. The van der Waals surface area contributed by atoms with Crippen molar-refractivity contribution < 1.29 is 14.3 Å². The molecule has 0 spiro atoms. The van der Waals surface area contributed by atoms with Crippen LogP contribution in [0, 0.1) is 17.8 Å². The van der Waals surface area contributed by atoms with E-state index in [0.717, 1.165) is 0 Å². The van der Waals surface area contributed by atoms with Crippen molar-refractivity contribution >= 4 is 29.1 Å². The highest BCUT2D eigenvalue weighted by Crippen LogP contribution is 2.35. The predicted octanol–water partition coefficient (Wildman–Crippen LogP) is 1.29. The van der Waals surface area contributed by atoms with Crippen LogP contribution in [-0.2, 0) is 20.9 Å². The van der Waals surface area contributed by atoms with Gasteiger partial charge in [0.15, 0.2) is 0 Å². The average Bonchev–Trinajstić information content (AvgIpc) is 3.28. The van der Waals surface area contributed by atoms with Crippen LogP contribution in [0.15, 0.2) is 36.9 Å². The maximum Gasteiger partial charge on any atom is 0.244 e. The molecule has 1 N–H and O–H groups in total. The second-order valence-corrected chi connectivity index (χ2v) is 7.39. The van der Waals surface area contributed by atoms with Gasteiger partial charge in [-0.2, -0.15) is 5.10 Å². The summed E-state index contributed by atoms with van der Waals surface area (Å²) in [7, 11) is 0. The van der Waals surface area contributed by atoms with Crippen molar-refractivity contribution in [2.24, 2.45) is 17.8 Å². The number of halogens is 1. The van der Waals surface area contributed by atoms with Crippen molar-refractivity contribution in [2.45, 2.75) is 6.54 Å². The number of hydrogen-bond donors (Lipinski definition) is 1. The molecule has 2 aliphatic rings. The van der Waals surface area contributed by atoms with Gasteiger partial charge in [-0.15, -0.1) is 0 Å². The van der Waals surface area contributed by atoms with Gasteiger partial charge in [-0.1, -0.05) is 11.6 Å². The van der Waals surface area contributed by atoms with Crippen LogP contribution in [0.4, 0.5) is 5.69 Å². The molecular weight excluding hydrogens is 370 g/mol. The zero-order valence-electron chi connectivity index (χ0n) is 14.6. The molecule has 8 nitrogen and oxygen atoms in total. The molecule has 9 heteroatoms. The summed E-state index contributed by atoms with van der Waals surface area (Å²) < 4.78 is 7.18. The van der Waals surface area contributed by atoms with Crippen molar-refractivity contribution in [3.63, 3.8) is 0 Å². The fourth-order valence-electron chi connectivity index (χ4n) is 3.81. The first-order valence-electron chi connectivity index (χ1n) is 8.84. The lowest BCUT2D eigenvalue weighted by atomic mass is 9.82. The number of likely N-dealkylation sites (tertiary alicyclic amines) is 1. The largest absolute Gasteiger partial charge is 0.380 e. The lowest BCUT2D eigenvalue weighted by Gasteiger charge is -2.31. The van der Waals surface area contributed by atoms with Gasteiger partial charge in [0.05, 0.1) is 42.2 Å². The molecule has 2 aromatic rings. The molecule has 2 saturated heterocycles. The second-order valence-electron chi connectivity index (χ2n) is 6.95. The van der Waals surface area contributed by atoms with E-state index in [-0.39, 0.29) is 36.1 Å². The smallest absolute Gasteiger partial charge is 0.244 e. The molecule has 0 bridgehead atoms. The van der Waals surface area contributed by atoms with E-state index in [9.17, 15) is 9.59 Å².